The summed E-state index contributed by atoms with van der Waals surface area (Å²) in [5.41, 5.74) is 2.33. The molecule has 0 radical (unpaired) electrons. The van der Waals surface area contributed by atoms with Gasteiger partial charge in [-0.2, -0.15) is 5.10 Å². The number of piperidine rings is 1. The van der Waals surface area contributed by atoms with E-state index in [1.807, 2.05) is 13.0 Å². The monoisotopic (exact) mass is 407 g/mol. The highest BCUT2D eigenvalue weighted by atomic mass is 28.3. The van der Waals surface area contributed by atoms with E-state index in [2.05, 4.69) is 19.6 Å². The molecule has 2 aromatic rings. The Bertz CT molecular complexity index is 854. The molecule has 0 atom stereocenters. The summed E-state index contributed by atoms with van der Waals surface area (Å²) in [5.74, 6) is -0.211. The molecule has 0 bridgehead atoms. The van der Waals surface area contributed by atoms with E-state index in [4.69, 9.17) is 14.9 Å². The number of aryl methyl sites for hydroxylation is 1. The minimum absolute atomic E-state index is 0.0542. The van der Waals surface area contributed by atoms with Gasteiger partial charge in [0.2, 0.25) is 0 Å². The Balaban J connectivity index is 1.84. The third-order valence-electron chi connectivity index (χ3n) is 5.34. The maximum Gasteiger partial charge on any atom is 0.407 e. The number of carbonyl (C=O) groups is 1. The number of ether oxygens (including phenoxy) is 1. The molecule has 0 aliphatic carbocycles. The van der Waals surface area contributed by atoms with Gasteiger partial charge in [0.25, 0.3) is 0 Å². The van der Waals surface area contributed by atoms with E-state index in [9.17, 15) is 9.18 Å². The highest BCUT2D eigenvalue weighted by Crippen LogP contribution is 2.34. The Kier molecular flexibility index (Phi) is 6.09. The van der Waals surface area contributed by atoms with Gasteiger partial charge in [-0.05, 0) is 43.5 Å². The Morgan fingerprint density at radius 1 is 1.32 bits per heavy atom. The number of benzene rings is 1. The summed E-state index contributed by atoms with van der Waals surface area (Å²) in [4.78, 5) is 12.6. The van der Waals surface area contributed by atoms with Gasteiger partial charge >= 0.3 is 6.09 Å². The van der Waals surface area contributed by atoms with E-state index in [-0.39, 0.29) is 11.7 Å². The molecule has 0 saturated carbocycles. The van der Waals surface area contributed by atoms with Crippen molar-refractivity contribution in [3.63, 3.8) is 0 Å². The second-order valence-electron chi connectivity index (χ2n) is 8.92. The second kappa shape index (κ2) is 8.20. The summed E-state index contributed by atoms with van der Waals surface area (Å²) in [6, 6.07) is 4.56. The lowest BCUT2D eigenvalue weighted by atomic mass is 9.91. The second-order valence-corrected chi connectivity index (χ2v) is 14.5. The molecule has 1 fully saturated rings. The van der Waals surface area contributed by atoms with Crippen molar-refractivity contribution in [1.82, 2.24) is 14.7 Å². The molecular weight excluding hydrogens is 377 g/mol. The van der Waals surface area contributed by atoms with Crippen molar-refractivity contribution >= 4 is 25.1 Å². The minimum Gasteiger partial charge on any atom is -0.465 e. The normalized spacial score (nSPS) is 16.1. The number of halogens is 1. The Hall–Kier alpha value is -1.93. The van der Waals surface area contributed by atoms with E-state index in [0.29, 0.717) is 44.7 Å². The quantitative estimate of drug-likeness (QED) is 0.559. The Morgan fingerprint density at radius 2 is 2.00 bits per heavy atom. The van der Waals surface area contributed by atoms with Crippen LogP contribution in [0, 0.1) is 12.7 Å². The van der Waals surface area contributed by atoms with Gasteiger partial charge in [-0.3, -0.25) is 0 Å². The molecular formula is C20H30FN3O3Si. The average molecular weight is 408 g/mol. The highest BCUT2D eigenvalue weighted by molar-refractivity contribution is 6.76. The molecule has 0 spiro atoms. The van der Waals surface area contributed by atoms with Crippen molar-refractivity contribution < 1.29 is 19.0 Å². The van der Waals surface area contributed by atoms with Gasteiger partial charge in [0.05, 0.1) is 16.6 Å². The van der Waals surface area contributed by atoms with Crippen molar-refractivity contribution in [2.24, 2.45) is 0 Å². The molecule has 1 aliphatic rings. The maximum atomic E-state index is 14.8. The highest BCUT2D eigenvalue weighted by Gasteiger charge is 2.28. The maximum absolute atomic E-state index is 14.8. The number of amides is 1. The zero-order valence-corrected chi connectivity index (χ0v) is 18.2. The van der Waals surface area contributed by atoms with Crippen LogP contribution in [0.4, 0.5) is 9.18 Å². The van der Waals surface area contributed by atoms with Crippen molar-refractivity contribution in [2.45, 2.75) is 58.1 Å². The van der Waals surface area contributed by atoms with Crippen LogP contribution in [0.25, 0.3) is 10.9 Å². The summed E-state index contributed by atoms with van der Waals surface area (Å²) in [6.07, 6.45) is 0.413. The number of rotatable bonds is 6. The lowest BCUT2D eigenvalue weighted by Crippen LogP contribution is -2.36. The van der Waals surface area contributed by atoms with E-state index in [0.717, 1.165) is 22.8 Å². The summed E-state index contributed by atoms with van der Waals surface area (Å²) in [6.45, 7) is 10.7. The molecule has 1 aliphatic heterocycles. The number of likely N-dealkylation sites (tertiary alicyclic amines) is 1. The SMILES string of the molecule is Cc1cc(F)c2c(C3CCN(C(=O)O)CC3)nn(COCC[Si](C)(C)C)c2c1. The molecule has 3 rings (SSSR count). The van der Waals surface area contributed by atoms with E-state index in [1.54, 1.807) is 4.68 Å². The number of fused-ring (bicyclic) bond motifs is 1. The van der Waals surface area contributed by atoms with E-state index in [1.165, 1.54) is 11.0 Å². The number of hydrogen-bond acceptors (Lipinski definition) is 3. The van der Waals surface area contributed by atoms with Crippen LogP contribution in [0.3, 0.4) is 0 Å². The fraction of sp³-hybridized carbons (Fsp3) is 0.600. The third kappa shape index (κ3) is 4.72. The van der Waals surface area contributed by atoms with Crippen molar-refractivity contribution in [3.8, 4) is 0 Å². The van der Waals surface area contributed by atoms with Crippen molar-refractivity contribution in [2.75, 3.05) is 19.7 Å². The molecule has 6 nitrogen and oxygen atoms in total. The van der Waals surface area contributed by atoms with Crippen LogP contribution >= 0.6 is 0 Å². The standard InChI is InChI=1S/C20H30FN3O3Si/c1-14-11-16(21)18-17(12-14)24(13-27-9-10-28(2,3)4)22-19(18)15-5-7-23(8-6-15)20(25)26/h11-12,15H,5-10,13H2,1-4H3,(H,25,26). The summed E-state index contributed by atoms with van der Waals surface area (Å²) < 4.78 is 22.5. The number of hydrogen-bond donors (Lipinski definition) is 1. The third-order valence-corrected chi connectivity index (χ3v) is 7.04. The first kappa shape index (κ1) is 20.8. The number of nitrogens with zero attached hydrogens (tertiary/aromatic N) is 3. The van der Waals surface area contributed by atoms with Crippen molar-refractivity contribution in [1.29, 1.82) is 0 Å². The smallest absolute Gasteiger partial charge is 0.407 e. The summed E-state index contributed by atoms with van der Waals surface area (Å²) in [7, 11) is -1.17. The summed E-state index contributed by atoms with van der Waals surface area (Å²) in [5, 5.41) is 14.4. The molecule has 2 heterocycles. The lowest BCUT2D eigenvalue weighted by Gasteiger charge is -2.29. The van der Waals surface area contributed by atoms with E-state index < -0.39 is 14.2 Å². The first-order valence-corrected chi connectivity index (χ1v) is 13.6. The van der Waals surface area contributed by atoms with Gasteiger partial charge < -0.3 is 14.7 Å². The van der Waals surface area contributed by atoms with Gasteiger partial charge in [0.1, 0.15) is 12.5 Å². The molecule has 154 valence electrons. The largest absolute Gasteiger partial charge is 0.465 e. The zero-order chi connectivity index (χ0) is 20.5. The van der Waals surface area contributed by atoms with Crippen molar-refractivity contribution in [3.05, 3.63) is 29.2 Å². The molecule has 1 aromatic heterocycles. The minimum atomic E-state index is -1.17. The average Bonchev–Trinajstić information content (AvgIpc) is 2.97. The number of carboxylic acid groups (broad SMARTS) is 1. The van der Waals surface area contributed by atoms with Gasteiger partial charge in [0.15, 0.2) is 0 Å². The first-order chi connectivity index (χ1) is 13.2. The zero-order valence-electron chi connectivity index (χ0n) is 17.2. The fourth-order valence-corrected chi connectivity index (χ4v) is 4.43. The van der Waals surface area contributed by atoms with Crippen LogP contribution in [0.2, 0.25) is 25.7 Å². The predicted molar refractivity (Wildman–Crippen MR) is 110 cm³/mol. The first-order valence-electron chi connectivity index (χ1n) is 9.88. The molecule has 0 unspecified atom stereocenters. The van der Waals surface area contributed by atoms with Gasteiger partial charge in [-0.15, -0.1) is 0 Å². The molecule has 28 heavy (non-hydrogen) atoms. The van der Waals surface area contributed by atoms with Crippen LogP contribution in [0.5, 0.6) is 0 Å². The van der Waals surface area contributed by atoms with E-state index >= 15 is 0 Å². The van der Waals surface area contributed by atoms with Crippen LogP contribution in [-0.4, -0.2) is 53.7 Å². The Morgan fingerprint density at radius 3 is 2.61 bits per heavy atom. The van der Waals surface area contributed by atoms with Crippen LogP contribution in [-0.2, 0) is 11.5 Å². The molecule has 1 saturated heterocycles. The van der Waals surface area contributed by atoms with Crippen LogP contribution in [0.1, 0.15) is 30.0 Å². The van der Waals surface area contributed by atoms with Gasteiger partial charge in [-0.25, -0.2) is 13.9 Å². The van der Waals surface area contributed by atoms with Gasteiger partial charge in [0, 0.05) is 33.7 Å². The summed E-state index contributed by atoms with van der Waals surface area (Å²) >= 11 is 0. The molecule has 8 heteroatoms. The van der Waals surface area contributed by atoms with Gasteiger partial charge in [-0.1, -0.05) is 19.6 Å². The molecule has 1 amide bonds. The predicted octanol–water partition coefficient (Wildman–Crippen LogP) is 4.65. The lowest BCUT2D eigenvalue weighted by molar-refractivity contribution is 0.0810. The topological polar surface area (TPSA) is 67.6 Å². The van der Waals surface area contributed by atoms with Crippen LogP contribution in [0.15, 0.2) is 12.1 Å². The molecule has 1 aromatic carbocycles. The van der Waals surface area contributed by atoms with Crippen LogP contribution < -0.4 is 0 Å². The Labute approximate surface area is 166 Å². The fourth-order valence-electron chi connectivity index (χ4n) is 3.67. The molecule has 1 N–H and O–H groups in total. The number of aromatic nitrogens is 2.